The van der Waals surface area contributed by atoms with E-state index in [-0.39, 0.29) is 5.91 Å². The summed E-state index contributed by atoms with van der Waals surface area (Å²) in [6.45, 7) is 1.96. The highest BCUT2D eigenvalue weighted by Crippen LogP contribution is 2.29. The van der Waals surface area contributed by atoms with E-state index in [1.807, 2.05) is 11.0 Å². The lowest BCUT2D eigenvalue weighted by Crippen LogP contribution is -2.37. The number of nitrogens with zero attached hydrogens (tertiary/aromatic N) is 3. The SMILES string of the molecule is NCc1cccc(C2CCN(C(=O)c3ccc(C#Cc4cnccn4)o3)CC2)c1.O=C(O)C(F)(F)F. The van der Waals surface area contributed by atoms with Gasteiger partial charge in [-0.1, -0.05) is 24.3 Å². The Morgan fingerprint density at radius 3 is 2.47 bits per heavy atom. The second-order valence-electron chi connectivity index (χ2n) is 7.82. The minimum atomic E-state index is -5.08. The number of hydrogen-bond acceptors (Lipinski definition) is 6. The standard InChI is InChI=1S/C23H22N4O2.C2HF3O2/c24-15-17-2-1-3-19(14-17)18-8-12-27(13-9-18)23(28)22-7-6-21(29-22)5-4-20-16-25-10-11-26-20;3-2(4,5)1(6)7/h1-3,6-7,10-11,14,16,18H,8-9,12-13,15,24H2;(H,6,7). The lowest BCUT2D eigenvalue weighted by Gasteiger charge is -2.31. The predicted molar refractivity (Wildman–Crippen MR) is 123 cm³/mol. The molecule has 0 radical (unpaired) electrons. The van der Waals surface area contributed by atoms with Crippen LogP contribution in [-0.2, 0) is 11.3 Å². The molecule has 188 valence electrons. The maximum absolute atomic E-state index is 12.8. The first-order chi connectivity index (χ1) is 17.2. The molecule has 1 aromatic carbocycles. The number of rotatable bonds is 3. The quantitative estimate of drug-likeness (QED) is 0.527. The molecule has 11 heteroatoms. The van der Waals surface area contributed by atoms with E-state index in [1.165, 1.54) is 5.56 Å². The summed E-state index contributed by atoms with van der Waals surface area (Å²) in [7, 11) is 0. The summed E-state index contributed by atoms with van der Waals surface area (Å²) >= 11 is 0. The fourth-order valence-electron chi connectivity index (χ4n) is 3.56. The molecular weight excluding hydrogens is 477 g/mol. The van der Waals surface area contributed by atoms with Gasteiger partial charge in [-0.05, 0) is 53.9 Å². The lowest BCUT2D eigenvalue weighted by molar-refractivity contribution is -0.192. The third kappa shape index (κ3) is 7.41. The van der Waals surface area contributed by atoms with Crippen molar-refractivity contribution in [2.75, 3.05) is 13.1 Å². The molecule has 0 unspecified atom stereocenters. The normalized spacial score (nSPS) is 13.7. The van der Waals surface area contributed by atoms with Crippen molar-refractivity contribution in [3.05, 3.63) is 83.3 Å². The van der Waals surface area contributed by atoms with Crippen molar-refractivity contribution in [1.29, 1.82) is 0 Å². The topological polar surface area (TPSA) is 123 Å². The fourth-order valence-corrected chi connectivity index (χ4v) is 3.56. The maximum Gasteiger partial charge on any atom is 0.490 e. The number of furan rings is 1. The average molecular weight is 500 g/mol. The van der Waals surface area contributed by atoms with Crippen LogP contribution in [0.4, 0.5) is 13.2 Å². The average Bonchev–Trinajstić information content (AvgIpc) is 3.37. The molecule has 1 amide bonds. The number of likely N-dealkylation sites (tertiary alicyclic amines) is 1. The third-order valence-corrected chi connectivity index (χ3v) is 5.38. The Morgan fingerprint density at radius 2 is 1.86 bits per heavy atom. The second-order valence-corrected chi connectivity index (χ2v) is 7.82. The van der Waals surface area contributed by atoms with E-state index in [2.05, 4.69) is 40.0 Å². The summed E-state index contributed by atoms with van der Waals surface area (Å²) in [4.78, 5) is 31.6. The molecule has 3 heterocycles. The molecule has 0 aliphatic carbocycles. The number of carboxylic acid groups (broad SMARTS) is 1. The van der Waals surface area contributed by atoms with E-state index in [0.717, 1.165) is 18.4 Å². The van der Waals surface area contributed by atoms with Crippen LogP contribution in [0.15, 0.2) is 59.4 Å². The Kier molecular flexibility index (Phi) is 8.81. The number of aromatic nitrogens is 2. The fraction of sp³-hybridized carbons (Fsp3) is 0.280. The maximum atomic E-state index is 12.8. The monoisotopic (exact) mass is 500 g/mol. The number of halogens is 3. The number of piperidine rings is 1. The van der Waals surface area contributed by atoms with Gasteiger partial charge in [0.15, 0.2) is 11.5 Å². The van der Waals surface area contributed by atoms with E-state index < -0.39 is 12.1 Å². The Balaban J connectivity index is 0.000000454. The van der Waals surface area contributed by atoms with E-state index >= 15 is 0 Å². The predicted octanol–water partition coefficient (Wildman–Crippen LogP) is 3.58. The van der Waals surface area contributed by atoms with Crippen LogP contribution in [0.25, 0.3) is 0 Å². The summed E-state index contributed by atoms with van der Waals surface area (Å²) < 4.78 is 37.4. The van der Waals surface area contributed by atoms with Crippen molar-refractivity contribution in [2.24, 2.45) is 5.73 Å². The molecule has 0 atom stereocenters. The molecule has 3 aromatic rings. The summed E-state index contributed by atoms with van der Waals surface area (Å²) in [5.41, 5.74) is 8.76. The van der Waals surface area contributed by atoms with Gasteiger partial charge in [0.1, 0.15) is 5.69 Å². The zero-order valence-corrected chi connectivity index (χ0v) is 19.0. The molecule has 36 heavy (non-hydrogen) atoms. The number of hydrogen-bond donors (Lipinski definition) is 2. The minimum absolute atomic E-state index is 0.0910. The highest BCUT2D eigenvalue weighted by Gasteiger charge is 2.38. The first kappa shape index (κ1) is 26.4. The number of nitrogens with two attached hydrogens (primary N) is 1. The van der Waals surface area contributed by atoms with Gasteiger partial charge >= 0.3 is 12.1 Å². The molecule has 0 bridgehead atoms. The van der Waals surface area contributed by atoms with Crippen LogP contribution in [0.1, 0.15) is 51.9 Å². The van der Waals surface area contributed by atoms with Crippen LogP contribution < -0.4 is 5.73 Å². The number of carboxylic acids is 1. The largest absolute Gasteiger partial charge is 0.490 e. The van der Waals surface area contributed by atoms with E-state index in [4.69, 9.17) is 20.1 Å². The van der Waals surface area contributed by atoms with Crippen LogP contribution in [0.3, 0.4) is 0 Å². The molecule has 2 aromatic heterocycles. The van der Waals surface area contributed by atoms with Crippen LogP contribution in [0, 0.1) is 11.8 Å². The molecule has 3 N–H and O–H groups in total. The molecule has 1 saturated heterocycles. The summed E-state index contributed by atoms with van der Waals surface area (Å²) in [5, 5.41) is 7.12. The molecule has 1 aliphatic rings. The first-order valence-corrected chi connectivity index (χ1v) is 10.9. The number of alkyl halides is 3. The molecule has 0 spiro atoms. The highest BCUT2D eigenvalue weighted by molar-refractivity contribution is 5.91. The molecule has 8 nitrogen and oxygen atoms in total. The van der Waals surface area contributed by atoms with Gasteiger partial charge in [-0.3, -0.25) is 9.78 Å². The van der Waals surface area contributed by atoms with E-state index in [9.17, 15) is 18.0 Å². The van der Waals surface area contributed by atoms with Gasteiger partial charge in [0.25, 0.3) is 5.91 Å². The molecular formula is C25H23F3N4O4. The van der Waals surface area contributed by atoms with Gasteiger partial charge in [-0.15, -0.1) is 0 Å². The Hall–Kier alpha value is -4.17. The van der Waals surface area contributed by atoms with Gasteiger partial charge in [0.05, 0.1) is 6.20 Å². The first-order valence-electron chi connectivity index (χ1n) is 10.9. The van der Waals surface area contributed by atoms with Crippen LogP contribution >= 0.6 is 0 Å². The van der Waals surface area contributed by atoms with Gasteiger partial charge in [-0.25, -0.2) is 9.78 Å². The Bertz CT molecular complexity index is 1240. The summed E-state index contributed by atoms with van der Waals surface area (Å²) in [6.07, 6.45) is 1.53. The zero-order chi connectivity index (χ0) is 26.1. The van der Waals surface area contributed by atoms with Gasteiger partial charge < -0.3 is 20.2 Å². The van der Waals surface area contributed by atoms with Crippen molar-refractivity contribution >= 4 is 11.9 Å². The summed E-state index contributed by atoms with van der Waals surface area (Å²) in [6, 6.07) is 11.8. The van der Waals surface area contributed by atoms with Crippen LogP contribution in [0.5, 0.6) is 0 Å². The van der Waals surface area contributed by atoms with Gasteiger partial charge in [0.2, 0.25) is 0 Å². The van der Waals surface area contributed by atoms with Gasteiger partial charge in [0, 0.05) is 32.0 Å². The van der Waals surface area contributed by atoms with Crippen LogP contribution in [-0.4, -0.2) is 51.1 Å². The van der Waals surface area contributed by atoms with Gasteiger partial charge in [-0.2, -0.15) is 13.2 Å². The molecule has 1 aliphatic heterocycles. The number of amides is 1. The van der Waals surface area contributed by atoms with Crippen molar-refractivity contribution in [3.63, 3.8) is 0 Å². The van der Waals surface area contributed by atoms with Crippen molar-refractivity contribution in [1.82, 2.24) is 14.9 Å². The Morgan fingerprint density at radius 1 is 1.14 bits per heavy atom. The number of carbonyl (C=O) groups is 2. The van der Waals surface area contributed by atoms with E-state index in [1.54, 1.807) is 30.7 Å². The zero-order valence-electron chi connectivity index (χ0n) is 19.0. The lowest BCUT2D eigenvalue weighted by atomic mass is 9.88. The summed E-state index contributed by atoms with van der Waals surface area (Å²) in [5.74, 6) is 4.11. The van der Waals surface area contributed by atoms with Crippen molar-refractivity contribution in [3.8, 4) is 11.8 Å². The second kappa shape index (κ2) is 12.0. The highest BCUT2D eigenvalue weighted by atomic mass is 19.4. The number of aliphatic carboxylic acids is 1. The molecule has 4 rings (SSSR count). The van der Waals surface area contributed by atoms with Crippen LogP contribution in [0.2, 0.25) is 0 Å². The molecule has 0 saturated carbocycles. The number of carbonyl (C=O) groups excluding carboxylic acids is 1. The van der Waals surface area contributed by atoms with E-state index in [0.29, 0.717) is 42.8 Å². The van der Waals surface area contributed by atoms with Crippen molar-refractivity contribution in [2.45, 2.75) is 31.5 Å². The Labute approximate surface area is 205 Å². The minimum Gasteiger partial charge on any atom is -0.475 e. The van der Waals surface area contributed by atoms with Crippen molar-refractivity contribution < 1.29 is 32.3 Å². The number of benzene rings is 1. The molecule has 1 fully saturated rings. The smallest absolute Gasteiger partial charge is 0.475 e. The third-order valence-electron chi connectivity index (χ3n) is 5.38.